The van der Waals surface area contributed by atoms with Gasteiger partial charge in [-0.3, -0.25) is 19.3 Å². The molecule has 1 aromatic heterocycles. The number of anilines is 1. The van der Waals surface area contributed by atoms with Crippen LogP contribution in [0.4, 0.5) is 10.5 Å². The van der Waals surface area contributed by atoms with Crippen LogP contribution in [0.25, 0.3) is 0 Å². The zero-order valence-electron chi connectivity index (χ0n) is 21.2. The first-order valence-electron chi connectivity index (χ1n) is 12.0. The second kappa shape index (κ2) is 12.9. The third-order valence-electron chi connectivity index (χ3n) is 6.04. The normalized spacial score (nSPS) is 18.7. The van der Waals surface area contributed by atoms with Gasteiger partial charge in [0.05, 0.1) is 6.54 Å². The number of rotatable bonds is 13. The zero-order chi connectivity index (χ0) is 29.7. The van der Waals surface area contributed by atoms with Gasteiger partial charge in [-0.25, -0.2) is 14.3 Å². The molecule has 41 heavy (non-hydrogen) atoms. The van der Waals surface area contributed by atoms with Gasteiger partial charge in [-0.2, -0.15) is 0 Å². The SMILES string of the molecule is NC(=O)NCCn1nnnc1SCC1=C(C(=O)O)N2C(=O)C(NC(=O)C(N)c3ccc(NCC(=O)O)cc3)[C@H]2SC1. The molecular formula is C22H26N10O7S2. The third kappa shape index (κ3) is 6.87. The Bertz CT molecular complexity index is 1380. The molecule has 0 bridgehead atoms. The average Bonchev–Trinajstić information content (AvgIpc) is 3.39. The van der Waals surface area contributed by atoms with E-state index in [1.165, 1.54) is 28.2 Å². The van der Waals surface area contributed by atoms with Crippen LogP contribution >= 0.6 is 23.5 Å². The number of aliphatic carboxylic acids is 2. The summed E-state index contributed by atoms with van der Waals surface area (Å²) in [5.41, 5.74) is 12.4. The van der Waals surface area contributed by atoms with E-state index < -0.39 is 47.2 Å². The molecule has 2 aliphatic heterocycles. The maximum atomic E-state index is 13.0. The number of fused-ring (bicyclic) bond motifs is 1. The van der Waals surface area contributed by atoms with E-state index in [4.69, 9.17) is 16.6 Å². The number of nitrogens with zero attached hydrogens (tertiary/aromatic N) is 5. The van der Waals surface area contributed by atoms with Crippen molar-refractivity contribution < 1.29 is 34.2 Å². The first kappa shape index (κ1) is 29.6. The number of carbonyl (C=O) groups is 5. The van der Waals surface area contributed by atoms with Crippen molar-refractivity contribution in [2.75, 3.05) is 29.9 Å². The van der Waals surface area contributed by atoms with Gasteiger partial charge in [0.2, 0.25) is 11.1 Å². The molecule has 19 heteroatoms. The third-order valence-corrected chi connectivity index (χ3v) is 8.42. The van der Waals surface area contributed by atoms with Crippen LogP contribution in [0.3, 0.4) is 0 Å². The molecule has 4 amide bonds. The number of amides is 4. The van der Waals surface area contributed by atoms with Crippen molar-refractivity contribution in [3.63, 3.8) is 0 Å². The van der Waals surface area contributed by atoms with E-state index in [0.29, 0.717) is 22.0 Å². The minimum absolute atomic E-state index is 0.153. The van der Waals surface area contributed by atoms with Gasteiger partial charge < -0.3 is 37.6 Å². The Hall–Kier alpha value is -4.36. The van der Waals surface area contributed by atoms with Crippen LogP contribution < -0.4 is 27.4 Å². The molecule has 1 aromatic carbocycles. The maximum absolute atomic E-state index is 13.0. The van der Waals surface area contributed by atoms with Crippen molar-refractivity contribution in [3.8, 4) is 0 Å². The van der Waals surface area contributed by atoms with Gasteiger partial charge in [0.15, 0.2) is 0 Å². The van der Waals surface area contributed by atoms with E-state index in [1.807, 2.05) is 0 Å². The molecule has 218 valence electrons. The van der Waals surface area contributed by atoms with Gasteiger partial charge in [-0.1, -0.05) is 23.9 Å². The van der Waals surface area contributed by atoms with E-state index in [9.17, 15) is 29.1 Å². The Kier molecular flexibility index (Phi) is 9.30. The number of primary amides is 1. The monoisotopic (exact) mass is 606 g/mol. The van der Waals surface area contributed by atoms with E-state index in [-0.39, 0.29) is 36.8 Å². The lowest BCUT2D eigenvalue weighted by Crippen LogP contribution is -2.71. The molecule has 0 radical (unpaired) electrons. The lowest BCUT2D eigenvalue weighted by molar-refractivity contribution is -0.150. The summed E-state index contributed by atoms with van der Waals surface area (Å²) in [6.07, 6.45) is 0. The molecular weight excluding hydrogens is 580 g/mol. The number of hydrogen-bond donors (Lipinski definition) is 7. The number of tetrazole rings is 1. The van der Waals surface area contributed by atoms with Crippen molar-refractivity contribution >= 4 is 59.0 Å². The molecule has 1 fully saturated rings. The van der Waals surface area contributed by atoms with Gasteiger partial charge in [-0.05, 0) is 33.7 Å². The second-order valence-electron chi connectivity index (χ2n) is 8.76. The van der Waals surface area contributed by atoms with Crippen molar-refractivity contribution in [2.45, 2.75) is 29.2 Å². The minimum atomic E-state index is -1.28. The summed E-state index contributed by atoms with van der Waals surface area (Å²) in [7, 11) is 0. The van der Waals surface area contributed by atoms with E-state index >= 15 is 0 Å². The Morgan fingerprint density at radius 2 is 1.93 bits per heavy atom. The number of thioether (sulfide) groups is 2. The van der Waals surface area contributed by atoms with Crippen LogP contribution in [0.2, 0.25) is 0 Å². The van der Waals surface area contributed by atoms with Crippen LogP contribution in [0, 0.1) is 0 Å². The Morgan fingerprint density at radius 3 is 2.59 bits per heavy atom. The van der Waals surface area contributed by atoms with Crippen LogP contribution in [-0.4, -0.2) is 101 Å². The maximum Gasteiger partial charge on any atom is 0.352 e. The van der Waals surface area contributed by atoms with Gasteiger partial charge in [0.1, 0.15) is 29.7 Å². The number of carbonyl (C=O) groups excluding carboxylic acids is 3. The van der Waals surface area contributed by atoms with Crippen molar-refractivity contribution in [1.29, 1.82) is 0 Å². The summed E-state index contributed by atoms with van der Waals surface area (Å²) in [6.45, 7) is 0.177. The van der Waals surface area contributed by atoms with Crippen molar-refractivity contribution in [1.82, 2.24) is 35.7 Å². The summed E-state index contributed by atoms with van der Waals surface area (Å²) in [5.74, 6) is -3.01. The van der Waals surface area contributed by atoms with Gasteiger partial charge in [0.25, 0.3) is 5.91 Å². The molecule has 2 aromatic rings. The number of aromatic nitrogens is 4. The number of nitrogens with one attached hydrogen (secondary N) is 3. The van der Waals surface area contributed by atoms with E-state index in [1.54, 1.807) is 24.3 Å². The van der Waals surface area contributed by atoms with Crippen LogP contribution in [0.5, 0.6) is 0 Å². The molecule has 17 nitrogen and oxygen atoms in total. The molecule has 2 unspecified atom stereocenters. The first-order chi connectivity index (χ1) is 19.6. The summed E-state index contributed by atoms with van der Waals surface area (Å²) >= 11 is 2.49. The van der Waals surface area contributed by atoms with Crippen molar-refractivity contribution in [3.05, 3.63) is 41.1 Å². The number of hydrogen-bond acceptors (Lipinski definition) is 12. The predicted octanol–water partition coefficient (Wildman–Crippen LogP) is -1.63. The summed E-state index contributed by atoms with van der Waals surface area (Å²) in [4.78, 5) is 60.7. The average molecular weight is 607 g/mol. The summed E-state index contributed by atoms with van der Waals surface area (Å²) in [5, 5.41) is 37.5. The van der Waals surface area contributed by atoms with E-state index in [2.05, 4.69) is 31.5 Å². The highest BCUT2D eigenvalue weighted by molar-refractivity contribution is 8.01. The van der Waals surface area contributed by atoms with Gasteiger partial charge >= 0.3 is 18.0 Å². The molecule has 4 rings (SSSR count). The predicted molar refractivity (Wildman–Crippen MR) is 145 cm³/mol. The number of benzene rings is 1. The van der Waals surface area contributed by atoms with Crippen LogP contribution in [0.1, 0.15) is 11.6 Å². The fourth-order valence-electron chi connectivity index (χ4n) is 4.05. The topological polar surface area (TPSA) is 261 Å². The molecule has 0 spiro atoms. The minimum Gasteiger partial charge on any atom is -0.480 e. The molecule has 3 atom stereocenters. The Morgan fingerprint density at radius 1 is 1.20 bits per heavy atom. The van der Waals surface area contributed by atoms with E-state index in [0.717, 1.165) is 4.90 Å². The lowest BCUT2D eigenvalue weighted by atomic mass is 10.0. The lowest BCUT2D eigenvalue weighted by Gasteiger charge is -2.49. The standard InChI is InChI=1S/C22H26N10O7S2/c23-14(10-1-3-12(4-2-10)26-7-13(33)34)17(35)27-15-18(36)32-16(20(37)38)11(8-40-19(15)32)9-41-22-28-29-30-31(22)6-5-25-21(24)39/h1-4,14-15,19,26H,5-9,23H2,(H,27,35)(H,33,34)(H,37,38)(H3,24,25,39)/t14?,15?,19-/m1/s1. The molecule has 9 N–H and O–H groups in total. The molecule has 1 saturated heterocycles. The first-order valence-corrected chi connectivity index (χ1v) is 14.0. The number of β-lactam (4-membered cyclic amide) rings is 1. The van der Waals surface area contributed by atoms with Crippen molar-refractivity contribution in [2.24, 2.45) is 11.5 Å². The largest absolute Gasteiger partial charge is 0.480 e. The Labute approximate surface area is 240 Å². The highest BCUT2D eigenvalue weighted by atomic mass is 32.2. The highest BCUT2D eigenvalue weighted by Crippen LogP contribution is 2.41. The fraction of sp³-hybridized carbons (Fsp3) is 0.364. The molecule has 0 saturated carbocycles. The quantitative estimate of drug-likeness (QED) is 0.0997. The van der Waals surface area contributed by atoms with Gasteiger partial charge in [-0.15, -0.1) is 16.9 Å². The smallest absolute Gasteiger partial charge is 0.352 e. The fourth-order valence-corrected chi connectivity index (χ4v) is 6.44. The van der Waals surface area contributed by atoms with Crippen LogP contribution in [-0.2, 0) is 25.7 Å². The summed E-state index contributed by atoms with van der Waals surface area (Å²) < 4.78 is 1.43. The molecule has 3 heterocycles. The number of carboxylic acids is 2. The number of urea groups is 1. The highest BCUT2D eigenvalue weighted by Gasteiger charge is 2.54. The second-order valence-corrected chi connectivity index (χ2v) is 10.8. The summed E-state index contributed by atoms with van der Waals surface area (Å²) in [6, 6.07) is 3.55. The van der Waals surface area contributed by atoms with Crippen LogP contribution in [0.15, 0.2) is 40.7 Å². The zero-order valence-corrected chi connectivity index (χ0v) is 22.9. The molecule has 0 aliphatic carbocycles. The molecule has 2 aliphatic rings. The number of carboxylic acid groups (broad SMARTS) is 2. The number of nitrogens with two attached hydrogens (primary N) is 2. The Balaban J connectivity index is 1.37. The van der Waals surface area contributed by atoms with Gasteiger partial charge in [0, 0.05) is 23.7 Å².